The van der Waals surface area contributed by atoms with Crippen molar-refractivity contribution < 1.29 is 33.3 Å². The molecule has 1 heterocycles. The number of carbonyl (C=O) groups excluding carboxylic acids is 2. The first-order valence-electron chi connectivity index (χ1n) is 30.9. The minimum absolute atomic E-state index is 0.0561. The highest BCUT2D eigenvalue weighted by Gasteiger charge is 2.59. The molecule has 0 radical (unpaired) electrons. The Morgan fingerprint density at radius 2 is 1.42 bits per heavy atom. The van der Waals surface area contributed by atoms with Gasteiger partial charge in [0.05, 0.1) is 52.2 Å². The second-order valence-corrected chi connectivity index (χ2v) is 24.6. The fourth-order valence-corrected chi connectivity index (χ4v) is 14.4. The van der Waals surface area contributed by atoms with Crippen LogP contribution in [0.5, 0.6) is 0 Å². The van der Waals surface area contributed by atoms with Gasteiger partial charge in [-0.05, 0) is 149 Å². The van der Waals surface area contributed by atoms with Gasteiger partial charge in [-0.3, -0.25) is 9.59 Å². The zero-order valence-corrected chi connectivity index (χ0v) is 47.6. The van der Waals surface area contributed by atoms with E-state index in [1.54, 1.807) is 0 Å². The second kappa shape index (κ2) is 34.8. The third-order valence-electron chi connectivity index (χ3n) is 18.7. The number of piperidine rings is 1. The molecule has 0 bridgehead atoms. The van der Waals surface area contributed by atoms with E-state index in [-0.39, 0.29) is 42.3 Å². The van der Waals surface area contributed by atoms with Crippen molar-refractivity contribution in [3.63, 3.8) is 0 Å². The van der Waals surface area contributed by atoms with Gasteiger partial charge in [0.2, 0.25) is 5.91 Å². The molecule has 1 amide bonds. The summed E-state index contributed by atoms with van der Waals surface area (Å²) in [5.41, 5.74) is 2.26. The molecule has 4 fully saturated rings. The maximum atomic E-state index is 13.0. The van der Waals surface area contributed by atoms with Crippen LogP contribution in [0.15, 0.2) is 23.8 Å². The maximum absolute atomic E-state index is 13.0. The van der Waals surface area contributed by atoms with E-state index in [0.29, 0.717) is 51.6 Å². The van der Waals surface area contributed by atoms with Gasteiger partial charge in [0.15, 0.2) is 0 Å². The highest BCUT2D eigenvalue weighted by atomic mass is 16.6. The fourth-order valence-electron chi connectivity index (χ4n) is 14.4. The molecule has 4 aliphatic carbocycles. The lowest BCUT2D eigenvalue weighted by molar-refractivity contribution is -0.152. The number of esters is 1. The summed E-state index contributed by atoms with van der Waals surface area (Å²) in [5.74, 6) is 4.52. The van der Waals surface area contributed by atoms with Crippen LogP contribution in [-0.4, -0.2) is 101 Å². The molecule has 0 spiro atoms. The average molecular weight is 1010 g/mol. The molecule has 3 saturated carbocycles. The lowest BCUT2D eigenvalue weighted by Gasteiger charge is -2.58. The Bertz CT molecular complexity index is 1530. The molecule has 5 aliphatic rings. The van der Waals surface area contributed by atoms with E-state index in [1.165, 1.54) is 160 Å². The van der Waals surface area contributed by atoms with Crippen LogP contribution in [-0.2, 0) is 33.3 Å². The van der Waals surface area contributed by atoms with Crippen molar-refractivity contribution in [2.45, 2.75) is 246 Å². The molecule has 1 unspecified atom stereocenters. The van der Waals surface area contributed by atoms with Gasteiger partial charge in [0, 0.05) is 32.5 Å². The monoisotopic (exact) mass is 1010 g/mol. The van der Waals surface area contributed by atoms with Crippen LogP contribution in [0, 0.1) is 46.3 Å². The summed E-state index contributed by atoms with van der Waals surface area (Å²) >= 11 is 0. The quantitative estimate of drug-likeness (QED) is 0.0370. The Morgan fingerprint density at radius 3 is 2.15 bits per heavy atom. The molecular weight excluding hydrogens is 897 g/mol. The number of hydrogen-bond donors (Lipinski definition) is 1. The largest absolute Gasteiger partial charge is 0.462 e. The predicted molar refractivity (Wildman–Crippen MR) is 297 cm³/mol. The van der Waals surface area contributed by atoms with Gasteiger partial charge >= 0.3 is 5.97 Å². The van der Waals surface area contributed by atoms with Crippen LogP contribution in [0.4, 0.5) is 0 Å². The molecule has 72 heavy (non-hydrogen) atoms. The Balaban J connectivity index is 0.847. The number of nitrogens with one attached hydrogen (secondary N) is 1. The summed E-state index contributed by atoms with van der Waals surface area (Å²) in [6.07, 6.45) is 43.7. The number of fused-ring (bicyclic) bond motifs is 5. The van der Waals surface area contributed by atoms with E-state index in [1.807, 2.05) is 0 Å². The first-order chi connectivity index (χ1) is 35.0. The highest BCUT2D eigenvalue weighted by Crippen LogP contribution is 2.67. The Kier molecular flexibility index (Phi) is 29.5. The van der Waals surface area contributed by atoms with E-state index in [2.05, 4.69) is 70.0 Å². The SMILES string of the molecule is CCCCCCCCC=CCCCCCCCCOCC(CN1CCCCC1)OCCOCCOCCNC(=O)CCC(=O)O[C@H]1CC[C@@]2(C)C(=CC[C@H]3[C@@H]4CC[C@H]([C@H](C)CCCC(C)C)[C@@]4(C)CC[C@@H]32)C1. The van der Waals surface area contributed by atoms with Crippen LogP contribution >= 0.6 is 0 Å². The molecule has 0 aromatic rings. The number of ether oxygens (including phenoxy) is 5. The van der Waals surface area contributed by atoms with Crippen LogP contribution in [0.3, 0.4) is 0 Å². The molecule has 0 aromatic heterocycles. The van der Waals surface area contributed by atoms with Gasteiger partial charge in [-0.15, -0.1) is 0 Å². The van der Waals surface area contributed by atoms with Crippen LogP contribution in [0.1, 0.15) is 234 Å². The smallest absolute Gasteiger partial charge is 0.306 e. The van der Waals surface area contributed by atoms with E-state index in [9.17, 15) is 9.59 Å². The third-order valence-corrected chi connectivity index (χ3v) is 18.7. The van der Waals surface area contributed by atoms with E-state index in [4.69, 9.17) is 23.7 Å². The Hall–Kier alpha value is -1.78. The number of nitrogens with zero attached hydrogens (tertiary/aromatic N) is 1. The van der Waals surface area contributed by atoms with Gasteiger partial charge < -0.3 is 33.9 Å². The number of allylic oxidation sites excluding steroid dienone is 3. The maximum Gasteiger partial charge on any atom is 0.306 e. The lowest BCUT2D eigenvalue weighted by atomic mass is 9.47. The van der Waals surface area contributed by atoms with Crippen molar-refractivity contribution in [3.8, 4) is 0 Å². The van der Waals surface area contributed by atoms with Gasteiger partial charge in [-0.2, -0.15) is 0 Å². The zero-order chi connectivity index (χ0) is 51.3. The molecule has 416 valence electrons. The topological polar surface area (TPSA) is 95.6 Å². The van der Waals surface area contributed by atoms with Crippen molar-refractivity contribution in [1.82, 2.24) is 10.2 Å². The van der Waals surface area contributed by atoms with Crippen LogP contribution in [0.25, 0.3) is 0 Å². The van der Waals surface area contributed by atoms with E-state index in [0.717, 1.165) is 87.4 Å². The number of unbranched alkanes of at least 4 members (excludes halogenated alkanes) is 12. The van der Waals surface area contributed by atoms with Crippen molar-refractivity contribution in [3.05, 3.63) is 23.8 Å². The summed E-state index contributed by atoms with van der Waals surface area (Å²) in [4.78, 5) is 28.1. The van der Waals surface area contributed by atoms with E-state index < -0.39 is 0 Å². The van der Waals surface area contributed by atoms with Gasteiger partial charge in [-0.25, -0.2) is 0 Å². The highest BCUT2D eigenvalue weighted by molar-refractivity contribution is 5.81. The van der Waals surface area contributed by atoms with E-state index >= 15 is 0 Å². The molecule has 1 aliphatic heterocycles. The number of amides is 1. The molecule has 1 N–H and O–H groups in total. The van der Waals surface area contributed by atoms with Crippen LogP contribution < -0.4 is 5.32 Å². The minimum atomic E-state index is -0.257. The molecule has 5 rings (SSSR count). The third kappa shape index (κ3) is 21.3. The summed E-state index contributed by atoms with van der Waals surface area (Å²) < 4.78 is 30.0. The van der Waals surface area contributed by atoms with Crippen molar-refractivity contribution in [1.29, 1.82) is 0 Å². The normalized spacial score (nSPS) is 27.3. The molecule has 9 nitrogen and oxygen atoms in total. The molecule has 0 aromatic carbocycles. The Labute approximate surface area is 442 Å². The second-order valence-electron chi connectivity index (χ2n) is 24.6. The summed E-state index contributed by atoms with van der Waals surface area (Å²) in [6, 6.07) is 0. The van der Waals surface area contributed by atoms with Gasteiger partial charge in [0.1, 0.15) is 6.10 Å². The fraction of sp³-hybridized carbons (Fsp3) is 0.905. The molecule has 1 saturated heterocycles. The first-order valence-corrected chi connectivity index (χ1v) is 30.9. The predicted octanol–water partition coefficient (Wildman–Crippen LogP) is 14.8. The minimum Gasteiger partial charge on any atom is -0.462 e. The Morgan fingerprint density at radius 1 is 0.722 bits per heavy atom. The summed E-state index contributed by atoms with van der Waals surface area (Å²) in [5, 5.41) is 2.90. The molecule has 9 heteroatoms. The molecule has 9 atom stereocenters. The van der Waals surface area contributed by atoms with Gasteiger partial charge in [-0.1, -0.05) is 149 Å². The average Bonchev–Trinajstić information content (AvgIpc) is 3.73. The van der Waals surface area contributed by atoms with Crippen molar-refractivity contribution in [2.75, 3.05) is 72.4 Å². The lowest BCUT2D eigenvalue weighted by Crippen LogP contribution is -2.51. The number of hydrogen-bond acceptors (Lipinski definition) is 8. The standard InChI is InChI=1S/C63H112N2O7/c1-7-8-9-10-11-12-13-14-15-16-17-18-19-20-21-25-42-70-50-55(49-65-40-23-22-24-41-65)71-47-46-69-45-44-68-43-39-64-60(66)33-34-61(67)72-54-35-37-62(5)53(48-54)29-30-56-58-32-31-57(52(4)28-26-27-51(2)3)63(58,6)38-36-59(56)62/h14-15,29,51-52,54-59H,7-13,16-28,30-50H2,1-6H3,(H,64,66)/t52-,54+,55?,56+,57-,58+,59+,62+,63-/m1/s1. The zero-order valence-electron chi connectivity index (χ0n) is 47.6. The number of likely N-dealkylation sites (tertiary alicyclic amines) is 1. The van der Waals surface area contributed by atoms with Gasteiger partial charge in [0.25, 0.3) is 0 Å². The van der Waals surface area contributed by atoms with Crippen molar-refractivity contribution >= 4 is 11.9 Å². The first kappa shape index (κ1) is 61.1. The van der Waals surface area contributed by atoms with Crippen molar-refractivity contribution in [2.24, 2.45) is 46.3 Å². The summed E-state index contributed by atoms with van der Waals surface area (Å²) in [7, 11) is 0. The number of carbonyl (C=O) groups is 2. The summed E-state index contributed by atoms with van der Waals surface area (Å²) in [6.45, 7) is 22.2. The number of rotatable bonds is 39. The molecular formula is C63H112N2O7. The van der Waals surface area contributed by atoms with Crippen LogP contribution in [0.2, 0.25) is 0 Å².